The van der Waals surface area contributed by atoms with Crippen molar-refractivity contribution in [3.63, 3.8) is 0 Å². The first kappa shape index (κ1) is 23.4. The molecular weight excluding hydrogens is 382 g/mol. The Hall–Kier alpha value is -1.86. The lowest BCUT2D eigenvalue weighted by molar-refractivity contribution is -0.113. The molecule has 1 aromatic carbocycles. The van der Waals surface area contributed by atoms with Crippen LogP contribution in [-0.2, 0) is 11.3 Å². The largest absolute Gasteiger partial charge is 0.325 e. The lowest BCUT2D eigenvalue weighted by atomic mass is 10.0. The molecule has 1 atom stereocenters. The molecule has 1 aromatic heterocycles. The van der Waals surface area contributed by atoms with E-state index in [9.17, 15) is 4.79 Å². The highest BCUT2D eigenvalue weighted by Gasteiger charge is 2.22. The highest BCUT2D eigenvalue weighted by Crippen LogP contribution is 2.27. The number of hydrogen-bond acceptors (Lipinski definition) is 5. The van der Waals surface area contributed by atoms with Crippen LogP contribution in [0.15, 0.2) is 29.4 Å². The molecule has 0 aliphatic carbocycles. The average Bonchev–Trinajstić information content (AvgIpc) is 3.07. The van der Waals surface area contributed by atoms with Gasteiger partial charge in [0.05, 0.1) is 11.8 Å². The fraction of sp³-hybridized carbons (Fsp3) is 0.591. The first-order valence-electron chi connectivity index (χ1n) is 10.5. The number of anilines is 1. The Labute approximate surface area is 179 Å². The van der Waals surface area contributed by atoms with Crippen molar-refractivity contribution in [2.45, 2.75) is 70.6 Å². The van der Waals surface area contributed by atoms with Crippen LogP contribution in [0.1, 0.15) is 70.3 Å². The summed E-state index contributed by atoms with van der Waals surface area (Å²) >= 11 is 1.46. The molecule has 0 fully saturated rings. The lowest BCUT2D eigenvalue weighted by Crippen LogP contribution is -2.23. The first-order valence-corrected chi connectivity index (χ1v) is 11.5. The van der Waals surface area contributed by atoms with E-state index >= 15 is 0 Å². The highest BCUT2D eigenvalue weighted by molar-refractivity contribution is 7.99. The van der Waals surface area contributed by atoms with Crippen molar-refractivity contribution >= 4 is 23.4 Å². The van der Waals surface area contributed by atoms with Crippen LogP contribution in [0, 0.1) is 0 Å². The Morgan fingerprint density at radius 1 is 1.21 bits per heavy atom. The number of thioether (sulfide) groups is 1. The smallest absolute Gasteiger partial charge is 0.234 e. The summed E-state index contributed by atoms with van der Waals surface area (Å²) < 4.78 is 2.19. The number of nitrogens with zero attached hydrogens (tertiary/aromatic N) is 4. The zero-order chi connectivity index (χ0) is 21.4. The molecule has 160 valence electrons. The zero-order valence-electron chi connectivity index (χ0n) is 18.6. The average molecular weight is 418 g/mol. The van der Waals surface area contributed by atoms with Gasteiger partial charge in [-0.25, -0.2) is 0 Å². The van der Waals surface area contributed by atoms with E-state index in [1.165, 1.54) is 11.8 Å². The molecular formula is C22H35N5OS. The number of carbonyl (C=O) groups is 1. The topological polar surface area (TPSA) is 63.1 Å². The predicted octanol–water partition coefficient (Wildman–Crippen LogP) is 4.95. The normalized spacial score (nSPS) is 12.6. The summed E-state index contributed by atoms with van der Waals surface area (Å²) in [7, 11) is 4.14. The minimum atomic E-state index is -0.0191. The van der Waals surface area contributed by atoms with Crippen LogP contribution in [0.2, 0.25) is 0 Å². The maximum absolute atomic E-state index is 12.6. The van der Waals surface area contributed by atoms with Crippen molar-refractivity contribution in [1.82, 2.24) is 19.7 Å². The van der Waals surface area contributed by atoms with Gasteiger partial charge in [0, 0.05) is 12.2 Å². The Balaban J connectivity index is 2.11. The van der Waals surface area contributed by atoms with Crippen LogP contribution in [0.3, 0.4) is 0 Å². The molecule has 0 aliphatic rings. The van der Waals surface area contributed by atoms with Gasteiger partial charge in [0.15, 0.2) is 11.0 Å². The monoisotopic (exact) mass is 417 g/mol. The standard InChI is InChI=1S/C22H35N5OS/c1-7-9-14-27-21(19(8-2)26(5)6)24-25-22(27)29-15-20(28)23-18-13-11-10-12-17(18)16(3)4/h10-13,16,19H,7-9,14-15H2,1-6H3,(H,23,28)/t19-/m0/s1. The van der Waals surface area contributed by atoms with Gasteiger partial charge < -0.3 is 9.88 Å². The number of carbonyl (C=O) groups excluding carboxylic acids is 1. The third-order valence-corrected chi connectivity index (χ3v) is 5.94. The van der Waals surface area contributed by atoms with Crippen molar-refractivity contribution in [3.8, 4) is 0 Å². The molecule has 0 saturated carbocycles. The third kappa shape index (κ3) is 6.31. The fourth-order valence-corrected chi connectivity index (χ4v) is 4.16. The second-order valence-corrected chi connectivity index (χ2v) is 8.75. The summed E-state index contributed by atoms with van der Waals surface area (Å²) in [5.74, 6) is 1.64. The molecule has 6 nitrogen and oxygen atoms in total. The van der Waals surface area contributed by atoms with E-state index in [1.54, 1.807) is 0 Å². The second-order valence-electron chi connectivity index (χ2n) is 7.81. The molecule has 7 heteroatoms. The van der Waals surface area contributed by atoms with Gasteiger partial charge in [-0.1, -0.05) is 64.1 Å². The summed E-state index contributed by atoms with van der Waals surface area (Å²) in [4.78, 5) is 14.8. The van der Waals surface area contributed by atoms with Crippen molar-refractivity contribution in [1.29, 1.82) is 0 Å². The van der Waals surface area contributed by atoms with Crippen molar-refractivity contribution in [2.75, 3.05) is 25.2 Å². The van der Waals surface area contributed by atoms with Crippen LogP contribution >= 0.6 is 11.8 Å². The predicted molar refractivity (Wildman–Crippen MR) is 122 cm³/mol. The Kier molecular flexibility index (Phi) is 9.17. The van der Waals surface area contributed by atoms with Crippen LogP contribution in [0.5, 0.6) is 0 Å². The molecule has 0 bridgehead atoms. The minimum Gasteiger partial charge on any atom is -0.325 e. The van der Waals surface area contributed by atoms with Crippen LogP contribution in [-0.4, -0.2) is 45.4 Å². The van der Waals surface area contributed by atoms with E-state index in [4.69, 9.17) is 0 Å². The number of nitrogens with one attached hydrogen (secondary N) is 1. The first-order chi connectivity index (χ1) is 13.9. The zero-order valence-corrected chi connectivity index (χ0v) is 19.4. The van der Waals surface area contributed by atoms with Crippen molar-refractivity contribution < 1.29 is 4.79 Å². The minimum absolute atomic E-state index is 0.0191. The number of para-hydroxylation sites is 1. The number of unbranched alkanes of at least 4 members (excludes halogenated alkanes) is 1. The third-order valence-electron chi connectivity index (χ3n) is 4.98. The highest BCUT2D eigenvalue weighted by atomic mass is 32.2. The van der Waals surface area contributed by atoms with Crippen LogP contribution < -0.4 is 5.32 Å². The van der Waals surface area contributed by atoms with Crippen molar-refractivity contribution in [2.24, 2.45) is 0 Å². The molecule has 0 aliphatic heterocycles. The van der Waals surface area contributed by atoms with Gasteiger partial charge in [-0.2, -0.15) is 0 Å². The molecule has 0 saturated heterocycles. The van der Waals surface area contributed by atoms with E-state index in [1.807, 2.05) is 18.2 Å². The SMILES string of the molecule is CCCCn1c(SCC(=O)Nc2ccccc2C(C)C)nnc1[C@H](CC)N(C)C. The number of hydrogen-bond donors (Lipinski definition) is 1. The number of benzene rings is 1. The molecule has 0 radical (unpaired) electrons. The Bertz CT molecular complexity index is 787. The molecule has 1 heterocycles. The van der Waals surface area contributed by atoms with Gasteiger partial charge in [-0.15, -0.1) is 10.2 Å². The molecule has 2 rings (SSSR count). The number of amides is 1. The maximum atomic E-state index is 12.6. The second kappa shape index (κ2) is 11.4. The Morgan fingerprint density at radius 2 is 1.93 bits per heavy atom. The number of aromatic nitrogens is 3. The van der Waals surface area contributed by atoms with Gasteiger partial charge in [0.25, 0.3) is 0 Å². The lowest BCUT2D eigenvalue weighted by Gasteiger charge is -2.23. The van der Waals surface area contributed by atoms with E-state index in [0.717, 1.165) is 48.0 Å². The van der Waals surface area contributed by atoms with E-state index < -0.39 is 0 Å². The van der Waals surface area contributed by atoms with Gasteiger partial charge >= 0.3 is 0 Å². The molecule has 0 spiro atoms. The van der Waals surface area contributed by atoms with Crippen LogP contribution in [0.4, 0.5) is 5.69 Å². The molecule has 0 unspecified atom stereocenters. The summed E-state index contributed by atoms with van der Waals surface area (Å²) in [5, 5.41) is 12.8. The van der Waals surface area contributed by atoms with Crippen LogP contribution in [0.25, 0.3) is 0 Å². The molecule has 29 heavy (non-hydrogen) atoms. The van der Waals surface area contributed by atoms with Gasteiger partial charge in [0.2, 0.25) is 5.91 Å². The summed E-state index contributed by atoms with van der Waals surface area (Å²) in [6, 6.07) is 8.21. The maximum Gasteiger partial charge on any atom is 0.234 e. The molecule has 1 N–H and O–H groups in total. The summed E-state index contributed by atoms with van der Waals surface area (Å²) in [6.07, 6.45) is 3.14. The van der Waals surface area contributed by atoms with Gasteiger partial charge in [-0.05, 0) is 44.5 Å². The van der Waals surface area contributed by atoms with E-state index in [2.05, 4.69) is 72.8 Å². The quantitative estimate of drug-likeness (QED) is 0.524. The van der Waals surface area contributed by atoms with Crippen molar-refractivity contribution in [3.05, 3.63) is 35.7 Å². The van der Waals surface area contributed by atoms with Gasteiger partial charge in [-0.3, -0.25) is 9.69 Å². The number of rotatable bonds is 11. The van der Waals surface area contributed by atoms with E-state index in [-0.39, 0.29) is 11.9 Å². The Morgan fingerprint density at radius 3 is 2.55 bits per heavy atom. The summed E-state index contributed by atoms with van der Waals surface area (Å²) in [5.41, 5.74) is 2.04. The summed E-state index contributed by atoms with van der Waals surface area (Å²) in [6.45, 7) is 9.48. The molecule has 1 amide bonds. The van der Waals surface area contributed by atoms with E-state index in [0.29, 0.717) is 11.7 Å². The molecule has 2 aromatic rings. The fourth-order valence-electron chi connectivity index (χ4n) is 3.39. The van der Waals surface area contributed by atoms with Gasteiger partial charge in [0.1, 0.15) is 0 Å².